The van der Waals surface area contributed by atoms with Crippen molar-refractivity contribution in [2.24, 2.45) is 0 Å². The molecule has 1 aliphatic heterocycles. The zero-order valence-electron chi connectivity index (χ0n) is 15.0. The average molecular weight is 424 g/mol. The molecule has 0 unspecified atom stereocenters. The molecule has 4 rings (SSSR count). The minimum Gasteiger partial charge on any atom is -0.324 e. The van der Waals surface area contributed by atoms with Crippen LogP contribution in [0.5, 0.6) is 0 Å². The fraction of sp³-hybridized carbons (Fsp3) is 0.0455. The summed E-state index contributed by atoms with van der Waals surface area (Å²) in [5, 5.41) is 0.977. The third kappa shape index (κ3) is 3.90. The Labute approximate surface area is 176 Å². The second-order valence-corrected chi connectivity index (χ2v) is 7.70. The number of rotatable bonds is 5. The van der Waals surface area contributed by atoms with Crippen LogP contribution in [0.15, 0.2) is 77.7 Å². The smallest absolute Gasteiger partial charge is 0.324 e. The summed E-state index contributed by atoms with van der Waals surface area (Å²) in [7, 11) is 0. The number of carbonyl (C=O) groups excluding carboxylic acids is 3. The van der Waals surface area contributed by atoms with Gasteiger partial charge in [0.05, 0.1) is 16.7 Å². The van der Waals surface area contributed by atoms with E-state index in [4.69, 9.17) is 16.4 Å². The summed E-state index contributed by atoms with van der Waals surface area (Å²) in [4.78, 5) is 43.4. The average Bonchev–Trinajstić information content (AvgIpc) is 2.98. The van der Waals surface area contributed by atoms with Crippen LogP contribution < -0.4 is 0 Å². The number of nitrogens with zero attached hydrogens (tertiary/aromatic N) is 1. The van der Waals surface area contributed by atoms with Gasteiger partial charge < -0.3 is 4.84 Å². The van der Waals surface area contributed by atoms with E-state index in [-0.39, 0.29) is 16.7 Å². The molecule has 7 heteroatoms. The van der Waals surface area contributed by atoms with Crippen LogP contribution in [0.2, 0.25) is 5.02 Å². The summed E-state index contributed by atoms with van der Waals surface area (Å²) in [5.41, 5.74) is 1.73. The zero-order valence-corrected chi connectivity index (χ0v) is 16.6. The van der Waals surface area contributed by atoms with Gasteiger partial charge in [-0.2, -0.15) is 0 Å². The van der Waals surface area contributed by atoms with Crippen molar-refractivity contribution >= 4 is 41.1 Å². The maximum atomic E-state index is 12.8. The predicted octanol–water partition coefficient (Wildman–Crippen LogP) is 5.00. The topological polar surface area (TPSA) is 63.7 Å². The van der Waals surface area contributed by atoms with Crippen molar-refractivity contribution in [2.75, 3.05) is 0 Å². The molecule has 29 heavy (non-hydrogen) atoms. The van der Waals surface area contributed by atoms with Gasteiger partial charge in [-0.15, -0.1) is 11.8 Å². The van der Waals surface area contributed by atoms with Crippen LogP contribution in [0.3, 0.4) is 0 Å². The number of thioether (sulfide) groups is 1. The van der Waals surface area contributed by atoms with Crippen molar-refractivity contribution in [3.63, 3.8) is 0 Å². The molecule has 0 atom stereocenters. The molecule has 0 fully saturated rings. The zero-order chi connectivity index (χ0) is 20.4. The molecule has 0 saturated heterocycles. The second-order valence-electron chi connectivity index (χ2n) is 6.24. The molecule has 3 aromatic carbocycles. The fourth-order valence-electron chi connectivity index (χ4n) is 2.90. The van der Waals surface area contributed by atoms with Gasteiger partial charge in [-0.25, -0.2) is 4.79 Å². The van der Waals surface area contributed by atoms with Crippen LogP contribution in [0, 0.1) is 0 Å². The van der Waals surface area contributed by atoms with Crippen molar-refractivity contribution in [1.29, 1.82) is 0 Å². The summed E-state index contributed by atoms with van der Waals surface area (Å²) in [6.07, 6.45) is 0. The number of carbonyl (C=O) groups is 3. The van der Waals surface area contributed by atoms with Gasteiger partial charge in [0.2, 0.25) is 0 Å². The lowest BCUT2D eigenvalue weighted by Gasteiger charge is -2.14. The molecule has 0 aliphatic carbocycles. The van der Waals surface area contributed by atoms with Crippen molar-refractivity contribution in [1.82, 2.24) is 5.06 Å². The number of hydroxylamine groups is 2. The normalized spacial score (nSPS) is 12.8. The van der Waals surface area contributed by atoms with E-state index in [1.807, 2.05) is 30.3 Å². The second kappa shape index (κ2) is 8.11. The highest BCUT2D eigenvalue weighted by Crippen LogP contribution is 2.31. The van der Waals surface area contributed by atoms with Crippen LogP contribution in [0.25, 0.3) is 0 Å². The third-order valence-corrected chi connectivity index (χ3v) is 5.69. The van der Waals surface area contributed by atoms with Gasteiger partial charge in [-0.05, 0) is 35.9 Å². The quantitative estimate of drug-likeness (QED) is 0.427. The van der Waals surface area contributed by atoms with Crippen LogP contribution in [-0.4, -0.2) is 22.8 Å². The van der Waals surface area contributed by atoms with Crippen molar-refractivity contribution in [3.05, 3.63) is 100 Å². The fourth-order valence-corrected chi connectivity index (χ4v) is 4.17. The van der Waals surface area contributed by atoms with Crippen molar-refractivity contribution < 1.29 is 19.2 Å². The maximum Gasteiger partial charge on any atom is 0.365 e. The number of imide groups is 1. The number of fused-ring (bicyclic) bond motifs is 1. The Morgan fingerprint density at radius 1 is 0.897 bits per heavy atom. The third-order valence-electron chi connectivity index (χ3n) is 4.33. The molecule has 144 valence electrons. The van der Waals surface area contributed by atoms with Gasteiger partial charge in [-0.1, -0.05) is 59.1 Å². The molecule has 0 N–H and O–H groups in total. The monoisotopic (exact) mass is 423 g/mol. The van der Waals surface area contributed by atoms with Gasteiger partial charge in [0.25, 0.3) is 11.8 Å². The summed E-state index contributed by atoms with van der Waals surface area (Å²) >= 11 is 7.51. The first-order chi connectivity index (χ1) is 14.0. The van der Waals surface area contributed by atoms with E-state index in [0.29, 0.717) is 20.7 Å². The van der Waals surface area contributed by atoms with Crippen molar-refractivity contribution in [3.8, 4) is 0 Å². The summed E-state index contributed by atoms with van der Waals surface area (Å²) in [6.45, 7) is 0. The largest absolute Gasteiger partial charge is 0.365 e. The van der Waals surface area contributed by atoms with E-state index >= 15 is 0 Å². The van der Waals surface area contributed by atoms with Gasteiger partial charge in [-0.3, -0.25) is 9.59 Å². The minimum atomic E-state index is -0.799. The Kier molecular flexibility index (Phi) is 5.38. The van der Waals surface area contributed by atoms with E-state index in [1.165, 1.54) is 30.0 Å². The Morgan fingerprint density at radius 2 is 1.52 bits per heavy atom. The Hall–Kier alpha value is -3.09. The standard InChI is InChI=1S/C22H14ClNO4S/c23-15-10-11-18(19(12-15)29-13-14-6-2-1-3-7-14)22(27)28-24-20(25)16-8-4-5-9-17(16)21(24)26/h1-12H,13H2. The van der Waals surface area contributed by atoms with E-state index < -0.39 is 17.8 Å². The SMILES string of the molecule is O=C(ON1C(=O)c2ccccc2C1=O)c1ccc(Cl)cc1SCc1ccccc1. The van der Waals surface area contributed by atoms with Crippen LogP contribution in [-0.2, 0) is 10.6 Å². The van der Waals surface area contributed by atoms with Crippen LogP contribution >= 0.6 is 23.4 Å². The molecule has 0 saturated carbocycles. The van der Waals surface area contributed by atoms with Gasteiger partial charge >= 0.3 is 5.97 Å². The molecule has 0 spiro atoms. The van der Waals surface area contributed by atoms with E-state index in [9.17, 15) is 14.4 Å². The number of hydrogen-bond acceptors (Lipinski definition) is 5. The lowest BCUT2D eigenvalue weighted by molar-refractivity contribution is -0.0586. The highest BCUT2D eigenvalue weighted by atomic mass is 35.5. The summed E-state index contributed by atoms with van der Waals surface area (Å²) < 4.78 is 0. The number of amides is 2. The molecule has 5 nitrogen and oxygen atoms in total. The molecule has 3 aromatic rings. The first kappa shape index (κ1) is 19.2. The molecular weight excluding hydrogens is 410 g/mol. The predicted molar refractivity (Wildman–Crippen MR) is 110 cm³/mol. The highest BCUT2D eigenvalue weighted by Gasteiger charge is 2.39. The number of hydrogen-bond donors (Lipinski definition) is 0. The highest BCUT2D eigenvalue weighted by molar-refractivity contribution is 7.98. The Morgan fingerprint density at radius 3 is 2.17 bits per heavy atom. The lowest BCUT2D eigenvalue weighted by Crippen LogP contribution is -2.32. The molecule has 0 bridgehead atoms. The van der Waals surface area contributed by atoms with Crippen LogP contribution in [0.1, 0.15) is 36.6 Å². The lowest BCUT2D eigenvalue weighted by atomic mass is 10.1. The first-order valence-electron chi connectivity index (χ1n) is 8.71. The molecule has 0 radical (unpaired) electrons. The molecule has 2 amide bonds. The van der Waals surface area contributed by atoms with Gasteiger partial charge in [0, 0.05) is 15.7 Å². The van der Waals surface area contributed by atoms with E-state index in [1.54, 1.807) is 24.3 Å². The Balaban J connectivity index is 1.55. The number of halogens is 1. The molecule has 1 aliphatic rings. The van der Waals surface area contributed by atoms with E-state index in [0.717, 1.165) is 5.56 Å². The Bertz CT molecular complexity index is 1080. The van der Waals surface area contributed by atoms with Crippen LogP contribution in [0.4, 0.5) is 0 Å². The molecular formula is C22H14ClNO4S. The molecule has 0 aromatic heterocycles. The van der Waals surface area contributed by atoms with Crippen molar-refractivity contribution in [2.45, 2.75) is 10.6 Å². The molecule has 1 heterocycles. The first-order valence-corrected chi connectivity index (χ1v) is 10.1. The van der Waals surface area contributed by atoms with E-state index in [2.05, 4.69) is 0 Å². The minimum absolute atomic E-state index is 0.208. The summed E-state index contributed by atoms with van der Waals surface area (Å²) in [6, 6.07) is 20.8. The maximum absolute atomic E-state index is 12.8. The van der Waals surface area contributed by atoms with Gasteiger partial charge in [0.1, 0.15) is 0 Å². The van der Waals surface area contributed by atoms with Gasteiger partial charge in [0.15, 0.2) is 0 Å². The number of benzene rings is 3. The summed E-state index contributed by atoms with van der Waals surface area (Å²) in [5.74, 6) is -1.50.